The number of hydrogen-bond acceptors (Lipinski definition) is 2. The number of carbonyl (C=O) groups is 1. The van der Waals surface area contributed by atoms with E-state index in [-0.39, 0.29) is 11.5 Å². The summed E-state index contributed by atoms with van der Waals surface area (Å²) >= 11 is 0. The number of amides is 1. The molecule has 1 aromatic rings. The average Bonchev–Trinajstić information content (AvgIpc) is 3.00. The molecule has 0 spiro atoms. The summed E-state index contributed by atoms with van der Waals surface area (Å²) in [6.07, 6.45) is 5.20. The molecule has 3 nitrogen and oxygen atoms in total. The first-order chi connectivity index (χ1) is 9.54. The molecule has 2 saturated carbocycles. The first-order valence-corrected chi connectivity index (χ1v) is 7.35. The van der Waals surface area contributed by atoms with Gasteiger partial charge in [-0.05, 0) is 55.2 Å². The van der Waals surface area contributed by atoms with Crippen LogP contribution in [0, 0.1) is 23.6 Å². The molecule has 0 radical (unpaired) electrons. The van der Waals surface area contributed by atoms with Crippen molar-refractivity contribution in [3.8, 4) is 0 Å². The van der Waals surface area contributed by atoms with E-state index >= 15 is 0 Å². The van der Waals surface area contributed by atoms with Gasteiger partial charge in [0.05, 0.1) is 5.56 Å². The van der Waals surface area contributed by atoms with Crippen LogP contribution >= 0.6 is 0 Å². The summed E-state index contributed by atoms with van der Waals surface area (Å²) in [5.41, 5.74) is 5.97. The second-order valence-corrected chi connectivity index (χ2v) is 6.36. The van der Waals surface area contributed by atoms with Gasteiger partial charge in [0.15, 0.2) is 0 Å². The number of nitrogens with zero attached hydrogens (tertiary/aromatic N) is 1. The van der Waals surface area contributed by atoms with Crippen molar-refractivity contribution in [3.05, 3.63) is 29.6 Å². The third-order valence-corrected chi connectivity index (χ3v) is 4.96. The maximum Gasteiger partial charge on any atom is 0.256 e. The van der Waals surface area contributed by atoms with E-state index in [1.807, 2.05) is 0 Å². The minimum Gasteiger partial charge on any atom is -0.399 e. The van der Waals surface area contributed by atoms with Crippen molar-refractivity contribution in [2.75, 3.05) is 19.3 Å². The van der Waals surface area contributed by atoms with Crippen molar-refractivity contribution in [2.45, 2.75) is 25.7 Å². The molecule has 0 aliphatic heterocycles. The molecular formula is C16H21FN2O. The van der Waals surface area contributed by atoms with Gasteiger partial charge in [0.1, 0.15) is 5.82 Å². The lowest BCUT2D eigenvalue weighted by Crippen LogP contribution is -2.34. The number of halogens is 1. The Balaban J connectivity index is 1.67. The summed E-state index contributed by atoms with van der Waals surface area (Å²) in [5, 5.41) is 0. The van der Waals surface area contributed by atoms with Crippen molar-refractivity contribution in [1.82, 2.24) is 4.90 Å². The number of benzene rings is 1. The highest BCUT2D eigenvalue weighted by molar-refractivity contribution is 5.94. The molecule has 0 saturated heterocycles. The third kappa shape index (κ3) is 2.39. The highest BCUT2D eigenvalue weighted by Crippen LogP contribution is 2.48. The minimum atomic E-state index is -0.533. The van der Waals surface area contributed by atoms with Crippen LogP contribution in [-0.4, -0.2) is 24.4 Å². The van der Waals surface area contributed by atoms with Crippen LogP contribution in [0.4, 0.5) is 10.1 Å². The van der Waals surface area contributed by atoms with Gasteiger partial charge >= 0.3 is 0 Å². The Morgan fingerprint density at radius 3 is 2.80 bits per heavy atom. The fraction of sp³-hybridized carbons (Fsp3) is 0.562. The number of anilines is 1. The molecule has 108 valence electrons. The van der Waals surface area contributed by atoms with E-state index in [2.05, 4.69) is 0 Å². The Labute approximate surface area is 118 Å². The number of nitrogen functional groups attached to an aromatic ring is 1. The van der Waals surface area contributed by atoms with Crippen molar-refractivity contribution in [2.24, 2.45) is 17.8 Å². The van der Waals surface area contributed by atoms with E-state index < -0.39 is 5.82 Å². The normalized spacial score (nSPS) is 27.8. The van der Waals surface area contributed by atoms with Crippen LogP contribution in [-0.2, 0) is 0 Å². The topological polar surface area (TPSA) is 46.3 Å². The predicted octanol–water partition coefficient (Wildman–Crippen LogP) is 2.92. The van der Waals surface area contributed by atoms with Gasteiger partial charge in [-0.3, -0.25) is 4.79 Å². The molecule has 3 unspecified atom stereocenters. The SMILES string of the molecule is CN(CC1CC2CCC1C2)C(=O)c1ccc(N)cc1F. The van der Waals surface area contributed by atoms with Crippen molar-refractivity contribution >= 4 is 11.6 Å². The summed E-state index contributed by atoms with van der Waals surface area (Å²) in [6, 6.07) is 4.25. The number of nitrogens with two attached hydrogens (primary N) is 1. The Kier molecular flexibility index (Phi) is 3.40. The number of rotatable bonds is 3. The second-order valence-electron chi connectivity index (χ2n) is 6.36. The number of fused-ring (bicyclic) bond motifs is 2. The van der Waals surface area contributed by atoms with Crippen LogP contribution in [0.2, 0.25) is 0 Å². The van der Waals surface area contributed by atoms with Crippen molar-refractivity contribution < 1.29 is 9.18 Å². The van der Waals surface area contributed by atoms with E-state index in [0.29, 0.717) is 11.6 Å². The average molecular weight is 276 g/mol. The molecule has 1 amide bonds. The summed E-state index contributed by atoms with van der Waals surface area (Å²) in [6.45, 7) is 0.740. The fourth-order valence-electron chi connectivity index (χ4n) is 3.95. The molecule has 0 heterocycles. The zero-order chi connectivity index (χ0) is 14.3. The van der Waals surface area contributed by atoms with Crippen LogP contribution in [0.25, 0.3) is 0 Å². The number of carbonyl (C=O) groups excluding carboxylic acids is 1. The molecule has 4 heteroatoms. The molecule has 2 aliphatic rings. The summed E-state index contributed by atoms with van der Waals surface area (Å²) < 4.78 is 13.8. The number of hydrogen-bond donors (Lipinski definition) is 1. The Morgan fingerprint density at radius 2 is 2.20 bits per heavy atom. The lowest BCUT2D eigenvalue weighted by molar-refractivity contribution is 0.0749. The molecular weight excluding hydrogens is 255 g/mol. The van der Waals surface area contributed by atoms with Gasteiger partial charge in [-0.1, -0.05) is 6.42 Å². The smallest absolute Gasteiger partial charge is 0.256 e. The van der Waals surface area contributed by atoms with Gasteiger partial charge in [0, 0.05) is 19.3 Å². The Bertz CT molecular complexity index is 531. The zero-order valence-corrected chi connectivity index (χ0v) is 11.8. The van der Waals surface area contributed by atoms with E-state index in [0.717, 1.165) is 18.4 Å². The van der Waals surface area contributed by atoms with E-state index in [9.17, 15) is 9.18 Å². The van der Waals surface area contributed by atoms with Crippen LogP contribution in [0.5, 0.6) is 0 Å². The van der Waals surface area contributed by atoms with E-state index in [4.69, 9.17) is 5.73 Å². The first-order valence-electron chi connectivity index (χ1n) is 7.35. The molecule has 2 fully saturated rings. The lowest BCUT2D eigenvalue weighted by atomic mass is 9.88. The van der Waals surface area contributed by atoms with Crippen molar-refractivity contribution in [3.63, 3.8) is 0 Å². The van der Waals surface area contributed by atoms with Crippen molar-refractivity contribution in [1.29, 1.82) is 0 Å². The van der Waals surface area contributed by atoms with Crippen LogP contribution < -0.4 is 5.73 Å². The molecule has 2 aliphatic carbocycles. The van der Waals surface area contributed by atoms with Gasteiger partial charge in [-0.2, -0.15) is 0 Å². The standard InChI is InChI=1S/C16H21FN2O/c1-19(9-12-7-10-2-3-11(12)6-10)16(20)14-5-4-13(18)8-15(14)17/h4-5,8,10-12H,2-3,6-7,9,18H2,1H3. The lowest BCUT2D eigenvalue weighted by Gasteiger charge is -2.27. The first kappa shape index (κ1) is 13.4. The van der Waals surface area contributed by atoms with Gasteiger partial charge < -0.3 is 10.6 Å². The molecule has 20 heavy (non-hydrogen) atoms. The summed E-state index contributed by atoms with van der Waals surface area (Å²) in [7, 11) is 1.77. The Hall–Kier alpha value is -1.58. The van der Waals surface area contributed by atoms with Crippen LogP contribution in [0.3, 0.4) is 0 Å². The molecule has 1 aromatic carbocycles. The maximum atomic E-state index is 13.8. The predicted molar refractivity (Wildman–Crippen MR) is 76.7 cm³/mol. The summed E-state index contributed by atoms with van der Waals surface area (Å²) in [5.74, 6) is 1.45. The molecule has 2 N–H and O–H groups in total. The minimum absolute atomic E-state index is 0.116. The quantitative estimate of drug-likeness (QED) is 0.863. The summed E-state index contributed by atoms with van der Waals surface area (Å²) in [4.78, 5) is 14.0. The largest absolute Gasteiger partial charge is 0.399 e. The van der Waals surface area contributed by atoms with Crippen LogP contribution in [0.15, 0.2) is 18.2 Å². The molecule has 3 atom stereocenters. The zero-order valence-electron chi connectivity index (χ0n) is 11.8. The third-order valence-electron chi connectivity index (χ3n) is 4.96. The van der Waals surface area contributed by atoms with Gasteiger partial charge in [0.2, 0.25) is 0 Å². The van der Waals surface area contributed by atoms with Gasteiger partial charge in [-0.25, -0.2) is 4.39 Å². The molecule has 2 bridgehead atoms. The monoisotopic (exact) mass is 276 g/mol. The van der Waals surface area contributed by atoms with Crippen LogP contribution in [0.1, 0.15) is 36.0 Å². The maximum absolute atomic E-state index is 13.8. The van der Waals surface area contributed by atoms with E-state index in [1.165, 1.54) is 37.8 Å². The molecule has 3 rings (SSSR count). The fourth-order valence-corrected chi connectivity index (χ4v) is 3.95. The highest BCUT2D eigenvalue weighted by atomic mass is 19.1. The Morgan fingerprint density at radius 1 is 1.40 bits per heavy atom. The highest BCUT2D eigenvalue weighted by Gasteiger charge is 2.40. The second kappa shape index (κ2) is 5.08. The van der Waals surface area contributed by atoms with E-state index in [1.54, 1.807) is 18.0 Å². The van der Waals surface area contributed by atoms with Gasteiger partial charge in [0.25, 0.3) is 5.91 Å². The van der Waals surface area contributed by atoms with Gasteiger partial charge in [-0.15, -0.1) is 0 Å². The molecule has 0 aromatic heterocycles.